The van der Waals surface area contributed by atoms with Crippen LogP contribution in [0.2, 0.25) is 0 Å². The summed E-state index contributed by atoms with van der Waals surface area (Å²) >= 11 is 0. The van der Waals surface area contributed by atoms with Gasteiger partial charge < -0.3 is 0 Å². The molecule has 2 heteroatoms. The highest BCUT2D eigenvalue weighted by molar-refractivity contribution is 5.95. The lowest BCUT2D eigenvalue weighted by Gasteiger charge is -2.42. The maximum absolute atomic E-state index is 12.5. The van der Waals surface area contributed by atoms with Gasteiger partial charge >= 0.3 is 0 Å². The lowest BCUT2D eigenvalue weighted by atomic mass is 9.63. The summed E-state index contributed by atoms with van der Waals surface area (Å²) in [5.74, 6) is 0.0859. The minimum Gasteiger partial charge on any atom is -0.292 e. The molecular formula is C22H27NO. The SMILES string of the molecule is Cc1ccc(C(=O)Cc2ccc3c(c2)C(C)(C)CCC3(C)C)nc1. The van der Waals surface area contributed by atoms with Gasteiger partial charge in [-0.3, -0.25) is 9.78 Å². The second kappa shape index (κ2) is 5.84. The van der Waals surface area contributed by atoms with Crippen LogP contribution < -0.4 is 0 Å². The van der Waals surface area contributed by atoms with Crippen molar-refractivity contribution in [1.29, 1.82) is 0 Å². The number of aromatic nitrogens is 1. The highest BCUT2D eigenvalue weighted by atomic mass is 16.1. The molecule has 2 aromatic rings. The van der Waals surface area contributed by atoms with Gasteiger partial charge in [0.05, 0.1) is 0 Å². The summed E-state index contributed by atoms with van der Waals surface area (Å²) < 4.78 is 0. The minimum atomic E-state index is 0.0859. The summed E-state index contributed by atoms with van der Waals surface area (Å²) in [5, 5.41) is 0. The number of pyridine rings is 1. The minimum absolute atomic E-state index is 0.0859. The highest BCUT2D eigenvalue weighted by Crippen LogP contribution is 2.45. The summed E-state index contributed by atoms with van der Waals surface area (Å²) in [6, 6.07) is 10.4. The van der Waals surface area contributed by atoms with Gasteiger partial charge in [0.15, 0.2) is 5.78 Å². The summed E-state index contributed by atoms with van der Waals surface area (Å²) in [5.41, 5.74) is 5.94. The second-order valence-corrected chi connectivity index (χ2v) is 8.47. The molecule has 0 spiro atoms. The summed E-state index contributed by atoms with van der Waals surface area (Å²) in [6.07, 6.45) is 4.56. The second-order valence-electron chi connectivity index (χ2n) is 8.47. The van der Waals surface area contributed by atoms with E-state index < -0.39 is 0 Å². The fourth-order valence-corrected chi connectivity index (χ4v) is 3.65. The molecule has 0 atom stereocenters. The number of nitrogens with zero attached hydrogens (tertiary/aromatic N) is 1. The molecule has 1 aliphatic rings. The molecule has 0 radical (unpaired) electrons. The van der Waals surface area contributed by atoms with Crippen LogP contribution in [0.1, 0.15) is 73.3 Å². The van der Waals surface area contributed by atoms with E-state index in [1.807, 2.05) is 19.1 Å². The fraction of sp³-hybridized carbons (Fsp3) is 0.455. The maximum Gasteiger partial charge on any atom is 0.185 e. The van der Waals surface area contributed by atoms with Crippen LogP contribution in [0.15, 0.2) is 36.5 Å². The zero-order chi connectivity index (χ0) is 17.5. The highest BCUT2D eigenvalue weighted by Gasteiger charge is 2.36. The number of carbonyl (C=O) groups is 1. The Morgan fingerprint density at radius 3 is 2.29 bits per heavy atom. The monoisotopic (exact) mass is 321 g/mol. The van der Waals surface area contributed by atoms with Gasteiger partial charge in [-0.05, 0) is 58.9 Å². The summed E-state index contributed by atoms with van der Waals surface area (Å²) in [7, 11) is 0. The smallest absolute Gasteiger partial charge is 0.185 e. The Hall–Kier alpha value is -1.96. The van der Waals surface area contributed by atoms with Gasteiger partial charge in [-0.25, -0.2) is 0 Å². The number of hydrogen-bond donors (Lipinski definition) is 0. The summed E-state index contributed by atoms with van der Waals surface area (Å²) in [6.45, 7) is 11.3. The van der Waals surface area contributed by atoms with Crippen LogP contribution in [0.3, 0.4) is 0 Å². The molecule has 0 saturated heterocycles. The average molecular weight is 321 g/mol. The normalized spacial score (nSPS) is 18.0. The number of ketones is 1. The largest absolute Gasteiger partial charge is 0.292 e. The van der Waals surface area contributed by atoms with Gasteiger partial charge in [0.2, 0.25) is 0 Å². The Labute approximate surface area is 145 Å². The van der Waals surface area contributed by atoms with Crippen LogP contribution in [0.5, 0.6) is 0 Å². The fourth-order valence-electron chi connectivity index (χ4n) is 3.65. The topological polar surface area (TPSA) is 30.0 Å². The molecule has 0 fully saturated rings. The van der Waals surface area contributed by atoms with Crippen molar-refractivity contribution in [3.05, 3.63) is 64.5 Å². The van der Waals surface area contributed by atoms with Crippen LogP contribution in [-0.2, 0) is 17.3 Å². The van der Waals surface area contributed by atoms with Crippen molar-refractivity contribution in [3.63, 3.8) is 0 Å². The van der Waals surface area contributed by atoms with Crippen molar-refractivity contribution < 1.29 is 4.79 Å². The number of carbonyl (C=O) groups excluding carboxylic acids is 1. The van der Waals surface area contributed by atoms with E-state index in [2.05, 4.69) is 50.9 Å². The van der Waals surface area contributed by atoms with Crippen LogP contribution in [0, 0.1) is 6.92 Å². The molecule has 126 valence electrons. The molecule has 3 rings (SSSR count). The molecule has 0 N–H and O–H groups in total. The van der Waals surface area contributed by atoms with E-state index in [-0.39, 0.29) is 16.6 Å². The Balaban J connectivity index is 1.91. The van der Waals surface area contributed by atoms with Crippen molar-refractivity contribution in [2.75, 3.05) is 0 Å². The standard InChI is InChI=1S/C22H27NO/c1-15-6-9-19(23-14-15)20(24)13-16-7-8-17-18(12-16)22(4,5)11-10-21(17,2)3/h6-9,12,14H,10-11,13H2,1-5H3. The third-order valence-corrected chi connectivity index (χ3v) is 5.48. The first-order valence-corrected chi connectivity index (χ1v) is 8.79. The number of benzene rings is 1. The number of hydrogen-bond acceptors (Lipinski definition) is 2. The Bertz CT molecular complexity index is 769. The number of rotatable bonds is 3. The third-order valence-electron chi connectivity index (χ3n) is 5.48. The van der Waals surface area contributed by atoms with E-state index in [0.29, 0.717) is 12.1 Å². The Morgan fingerprint density at radius 1 is 1.00 bits per heavy atom. The van der Waals surface area contributed by atoms with E-state index in [1.54, 1.807) is 6.20 Å². The van der Waals surface area contributed by atoms with Crippen LogP contribution in [0.25, 0.3) is 0 Å². The molecule has 0 aliphatic heterocycles. The van der Waals surface area contributed by atoms with E-state index >= 15 is 0 Å². The lowest BCUT2D eigenvalue weighted by Crippen LogP contribution is -2.34. The molecular weight excluding hydrogens is 294 g/mol. The first-order chi connectivity index (χ1) is 11.2. The van der Waals surface area contributed by atoms with Crippen LogP contribution in [-0.4, -0.2) is 10.8 Å². The van der Waals surface area contributed by atoms with Gasteiger partial charge in [0.25, 0.3) is 0 Å². The Morgan fingerprint density at radius 2 is 1.67 bits per heavy atom. The number of fused-ring (bicyclic) bond motifs is 1. The van der Waals surface area contributed by atoms with Crippen LogP contribution in [0.4, 0.5) is 0 Å². The van der Waals surface area contributed by atoms with Gasteiger partial charge in [-0.15, -0.1) is 0 Å². The van der Waals surface area contributed by atoms with Gasteiger partial charge in [0.1, 0.15) is 5.69 Å². The molecule has 0 amide bonds. The zero-order valence-corrected chi connectivity index (χ0v) is 15.4. The van der Waals surface area contributed by atoms with Crippen molar-refractivity contribution >= 4 is 5.78 Å². The molecule has 1 aromatic carbocycles. The number of aryl methyl sites for hydroxylation is 1. The molecule has 0 saturated carbocycles. The van der Waals surface area contributed by atoms with Gasteiger partial charge in [0, 0.05) is 12.6 Å². The van der Waals surface area contributed by atoms with Crippen molar-refractivity contribution in [2.45, 2.75) is 64.7 Å². The molecule has 24 heavy (non-hydrogen) atoms. The first-order valence-electron chi connectivity index (χ1n) is 8.79. The van der Waals surface area contributed by atoms with E-state index in [9.17, 15) is 4.79 Å². The zero-order valence-electron chi connectivity index (χ0n) is 15.4. The molecule has 1 aliphatic carbocycles. The molecule has 2 nitrogen and oxygen atoms in total. The molecule has 1 heterocycles. The quantitative estimate of drug-likeness (QED) is 0.730. The molecule has 1 aromatic heterocycles. The van der Waals surface area contributed by atoms with Crippen molar-refractivity contribution in [1.82, 2.24) is 4.98 Å². The van der Waals surface area contributed by atoms with Gasteiger partial charge in [-0.1, -0.05) is 52.0 Å². The van der Waals surface area contributed by atoms with Crippen LogP contribution >= 0.6 is 0 Å². The summed E-state index contributed by atoms with van der Waals surface area (Å²) in [4.78, 5) is 16.8. The maximum atomic E-state index is 12.5. The molecule has 0 bridgehead atoms. The lowest BCUT2D eigenvalue weighted by molar-refractivity contribution is 0.0988. The first kappa shape index (κ1) is 16.9. The van der Waals surface area contributed by atoms with Crippen molar-refractivity contribution in [3.8, 4) is 0 Å². The van der Waals surface area contributed by atoms with E-state index in [0.717, 1.165) is 11.1 Å². The predicted octanol–water partition coefficient (Wildman–Crippen LogP) is 5.16. The predicted molar refractivity (Wildman–Crippen MR) is 98.7 cm³/mol. The van der Waals surface area contributed by atoms with Crippen molar-refractivity contribution in [2.24, 2.45) is 0 Å². The number of Topliss-reactive ketones (excluding diaryl/α,β-unsaturated/α-hetero) is 1. The average Bonchev–Trinajstić information content (AvgIpc) is 2.52. The molecule has 0 unspecified atom stereocenters. The van der Waals surface area contributed by atoms with E-state index in [4.69, 9.17) is 0 Å². The Kier molecular flexibility index (Phi) is 4.11. The van der Waals surface area contributed by atoms with Gasteiger partial charge in [-0.2, -0.15) is 0 Å². The third kappa shape index (κ3) is 3.15. The van der Waals surface area contributed by atoms with E-state index in [1.165, 1.54) is 24.0 Å².